The normalized spacial score (nSPS) is 15.8. The predicted octanol–water partition coefficient (Wildman–Crippen LogP) is 2.54. The Hall–Kier alpha value is -3.02. The molecule has 0 N–H and O–H groups in total. The van der Waals surface area contributed by atoms with Crippen LogP contribution < -0.4 is 0 Å². The van der Waals surface area contributed by atoms with Gasteiger partial charge in [0.05, 0.1) is 18.2 Å². The molecule has 1 aliphatic heterocycles. The Morgan fingerprint density at radius 2 is 1.46 bits per heavy atom. The van der Waals surface area contributed by atoms with Crippen molar-refractivity contribution in [3.63, 3.8) is 0 Å². The van der Waals surface area contributed by atoms with Gasteiger partial charge in [-0.3, -0.25) is 14.5 Å². The summed E-state index contributed by atoms with van der Waals surface area (Å²) in [4.78, 5) is 37.9. The van der Waals surface area contributed by atoms with E-state index in [9.17, 15) is 14.4 Å². The number of imide groups is 1. The Morgan fingerprint density at radius 3 is 1.96 bits per heavy atom. The number of amides is 2. The summed E-state index contributed by atoms with van der Waals surface area (Å²) in [5.74, 6) is -2.39. The number of halogens is 1. The van der Waals surface area contributed by atoms with Crippen LogP contribution in [0.2, 0.25) is 0 Å². The summed E-state index contributed by atoms with van der Waals surface area (Å²) < 4.78 is 19.6. The summed E-state index contributed by atoms with van der Waals surface area (Å²) in [7, 11) is 1.09. The summed E-state index contributed by atoms with van der Waals surface area (Å²) in [6.07, 6.45) is -1.89. The summed E-state index contributed by atoms with van der Waals surface area (Å²) in [5, 5.41) is 0. The lowest BCUT2D eigenvalue weighted by atomic mass is 10.0. The Labute approximate surface area is 137 Å². The molecule has 2 aromatic rings. The van der Waals surface area contributed by atoms with Gasteiger partial charge < -0.3 is 4.74 Å². The molecule has 1 unspecified atom stereocenters. The van der Waals surface area contributed by atoms with Crippen LogP contribution in [0.5, 0.6) is 0 Å². The molecule has 0 spiro atoms. The molecule has 0 aromatic heterocycles. The van der Waals surface area contributed by atoms with Gasteiger partial charge in [-0.25, -0.2) is 9.18 Å². The van der Waals surface area contributed by atoms with E-state index in [1.54, 1.807) is 30.3 Å². The lowest BCUT2D eigenvalue weighted by Gasteiger charge is -2.26. The van der Waals surface area contributed by atoms with Gasteiger partial charge in [-0.15, -0.1) is 0 Å². The van der Waals surface area contributed by atoms with E-state index >= 15 is 4.39 Å². The third kappa shape index (κ3) is 2.46. The van der Waals surface area contributed by atoms with Crippen LogP contribution in [0.4, 0.5) is 4.39 Å². The van der Waals surface area contributed by atoms with Crippen LogP contribution in [0.25, 0.3) is 0 Å². The SMILES string of the molecule is COC(=O)[C@H](C(F)c1ccccc1)N1C(=O)c2ccccc2C1=O. The molecule has 24 heavy (non-hydrogen) atoms. The van der Waals surface area contributed by atoms with Gasteiger partial charge in [-0.2, -0.15) is 0 Å². The van der Waals surface area contributed by atoms with Gasteiger partial charge in [0.25, 0.3) is 11.8 Å². The van der Waals surface area contributed by atoms with E-state index in [1.807, 2.05) is 0 Å². The van der Waals surface area contributed by atoms with Crippen LogP contribution in [0.3, 0.4) is 0 Å². The zero-order valence-corrected chi connectivity index (χ0v) is 12.8. The zero-order chi connectivity index (χ0) is 17.3. The minimum absolute atomic E-state index is 0.150. The number of nitrogens with zero attached hydrogens (tertiary/aromatic N) is 1. The number of hydrogen-bond donors (Lipinski definition) is 0. The van der Waals surface area contributed by atoms with Gasteiger partial charge in [-0.1, -0.05) is 42.5 Å². The number of benzene rings is 2. The fraction of sp³-hybridized carbons (Fsp3) is 0.167. The number of esters is 1. The van der Waals surface area contributed by atoms with E-state index in [0.717, 1.165) is 7.11 Å². The largest absolute Gasteiger partial charge is 0.467 e. The second-order valence-electron chi connectivity index (χ2n) is 5.31. The first kappa shape index (κ1) is 15.9. The maximum absolute atomic E-state index is 15.0. The van der Waals surface area contributed by atoms with Crippen molar-refractivity contribution >= 4 is 17.8 Å². The third-order valence-electron chi connectivity index (χ3n) is 3.94. The van der Waals surface area contributed by atoms with Crippen molar-refractivity contribution in [1.29, 1.82) is 0 Å². The molecule has 122 valence electrons. The van der Waals surface area contributed by atoms with Gasteiger partial charge in [-0.05, 0) is 17.7 Å². The number of carbonyl (C=O) groups excluding carboxylic acids is 3. The number of rotatable bonds is 4. The average molecular weight is 327 g/mol. The smallest absolute Gasteiger partial charge is 0.332 e. The number of hydrogen-bond acceptors (Lipinski definition) is 4. The van der Waals surface area contributed by atoms with Crippen molar-refractivity contribution in [1.82, 2.24) is 4.90 Å². The van der Waals surface area contributed by atoms with E-state index in [4.69, 9.17) is 0 Å². The molecule has 0 fully saturated rings. The monoisotopic (exact) mass is 327 g/mol. The maximum Gasteiger partial charge on any atom is 0.332 e. The second kappa shape index (κ2) is 6.23. The summed E-state index contributed by atoms with van der Waals surface area (Å²) >= 11 is 0. The van der Waals surface area contributed by atoms with Crippen molar-refractivity contribution in [2.24, 2.45) is 0 Å². The number of carbonyl (C=O) groups is 3. The quantitative estimate of drug-likeness (QED) is 0.639. The fourth-order valence-electron chi connectivity index (χ4n) is 2.76. The fourth-order valence-corrected chi connectivity index (χ4v) is 2.76. The first-order valence-electron chi connectivity index (χ1n) is 7.30. The zero-order valence-electron chi connectivity index (χ0n) is 12.8. The summed E-state index contributed by atoms with van der Waals surface area (Å²) in [6, 6.07) is 12.4. The number of fused-ring (bicyclic) bond motifs is 1. The Balaban J connectivity index is 2.04. The molecular formula is C18H14FNO4. The highest BCUT2D eigenvalue weighted by Crippen LogP contribution is 2.32. The minimum atomic E-state index is -1.89. The van der Waals surface area contributed by atoms with Crippen molar-refractivity contribution in [2.75, 3.05) is 7.11 Å². The lowest BCUT2D eigenvalue weighted by Crippen LogP contribution is -2.48. The van der Waals surface area contributed by atoms with E-state index in [-0.39, 0.29) is 16.7 Å². The van der Waals surface area contributed by atoms with Crippen LogP contribution in [-0.2, 0) is 9.53 Å². The molecule has 0 radical (unpaired) electrons. The highest BCUT2D eigenvalue weighted by atomic mass is 19.1. The van der Waals surface area contributed by atoms with Crippen molar-refractivity contribution < 1.29 is 23.5 Å². The van der Waals surface area contributed by atoms with Crippen molar-refractivity contribution in [3.05, 3.63) is 71.3 Å². The molecule has 5 nitrogen and oxygen atoms in total. The van der Waals surface area contributed by atoms with E-state index in [1.165, 1.54) is 24.3 Å². The van der Waals surface area contributed by atoms with Gasteiger partial charge in [0.1, 0.15) is 0 Å². The van der Waals surface area contributed by atoms with E-state index < -0.39 is 30.0 Å². The van der Waals surface area contributed by atoms with E-state index in [2.05, 4.69) is 4.74 Å². The van der Waals surface area contributed by atoms with Gasteiger partial charge in [0, 0.05) is 0 Å². The molecule has 1 aliphatic rings. The van der Waals surface area contributed by atoms with E-state index in [0.29, 0.717) is 4.90 Å². The predicted molar refractivity (Wildman–Crippen MR) is 83.0 cm³/mol. The molecule has 0 saturated heterocycles. The van der Waals surface area contributed by atoms with Crippen LogP contribution in [0.1, 0.15) is 32.5 Å². The van der Waals surface area contributed by atoms with Gasteiger partial charge >= 0.3 is 5.97 Å². The standard InChI is InChI=1S/C18H14FNO4/c1-24-18(23)15(14(19)11-7-3-2-4-8-11)20-16(21)12-9-5-6-10-13(12)17(20)22/h2-10,14-15H,1H3/t14?,15-/m0/s1. The van der Waals surface area contributed by atoms with Gasteiger partial charge in [0.2, 0.25) is 0 Å². The Bertz CT molecular complexity index is 771. The number of ether oxygens (including phenoxy) is 1. The molecule has 3 rings (SSSR count). The molecule has 2 aromatic carbocycles. The maximum atomic E-state index is 15.0. The molecule has 0 bridgehead atoms. The molecule has 0 saturated carbocycles. The van der Waals surface area contributed by atoms with Crippen LogP contribution in [0.15, 0.2) is 54.6 Å². The second-order valence-corrected chi connectivity index (χ2v) is 5.31. The average Bonchev–Trinajstić information content (AvgIpc) is 2.88. The molecule has 2 amide bonds. The highest BCUT2D eigenvalue weighted by Gasteiger charge is 2.47. The molecule has 1 heterocycles. The van der Waals surface area contributed by atoms with Crippen molar-refractivity contribution in [3.8, 4) is 0 Å². The highest BCUT2D eigenvalue weighted by molar-refractivity contribution is 6.22. The van der Waals surface area contributed by atoms with Crippen LogP contribution in [0, 0.1) is 0 Å². The number of methoxy groups -OCH3 is 1. The summed E-state index contributed by atoms with van der Waals surface area (Å²) in [5.41, 5.74) is 0.484. The van der Waals surface area contributed by atoms with Crippen LogP contribution >= 0.6 is 0 Å². The first-order chi connectivity index (χ1) is 11.6. The number of alkyl halides is 1. The molecular weight excluding hydrogens is 313 g/mol. The third-order valence-corrected chi connectivity index (χ3v) is 3.94. The van der Waals surface area contributed by atoms with Gasteiger partial charge in [0.15, 0.2) is 12.2 Å². The first-order valence-corrected chi connectivity index (χ1v) is 7.30. The Kier molecular flexibility index (Phi) is 4.12. The minimum Gasteiger partial charge on any atom is -0.467 e. The van der Waals surface area contributed by atoms with Crippen LogP contribution in [-0.4, -0.2) is 35.8 Å². The molecule has 6 heteroatoms. The lowest BCUT2D eigenvalue weighted by molar-refractivity contribution is -0.147. The topological polar surface area (TPSA) is 63.7 Å². The molecule has 0 aliphatic carbocycles. The summed E-state index contributed by atoms with van der Waals surface area (Å²) in [6.45, 7) is 0. The molecule has 2 atom stereocenters. The Morgan fingerprint density at radius 1 is 0.958 bits per heavy atom. The van der Waals surface area contributed by atoms with Crippen molar-refractivity contribution in [2.45, 2.75) is 12.2 Å².